The molecule has 0 saturated heterocycles. The van der Waals surface area contributed by atoms with Gasteiger partial charge in [0.2, 0.25) is 0 Å². The molecule has 106 valence electrons. The first-order valence-electron chi connectivity index (χ1n) is 5.96. The molecule has 5 heteroatoms. The molecule has 2 aromatic carbocycles. The maximum atomic E-state index is 13.7. The molecule has 0 radical (unpaired) electrons. The topological polar surface area (TPSA) is 20.2 Å². The van der Waals surface area contributed by atoms with Crippen LogP contribution in [0.1, 0.15) is 22.8 Å². The van der Waals surface area contributed by atoms with Gasteiger partial charge in [-0.05, 0) is 30.2 Å². The SMILES string of the molecule is Cc1ccc(C(O)Cc2cc(F)cc(F)c2)c(F)c1F. The van der Waals surface area contributed by atoms with Gasteiger partial charge in [-0.15, -0.1) is 0 Å². The van der Waals surface area contributed by atoms with E-state index in [0.717, 1.165) is 12.1 Å². The monoisotopic (exact) mass is 284 g/mol. The lowest BCUT2D eigenvalue weighted by atomic mass is 9.99. The summed E-state index contributed by atoms with van der Waals surface area (Å²) < 4.78 is 53.1. The summed E-state index contributed by atoms with van der Waals surface area (Å²) in [5.41, 5.74) is 0.0448. The van der Waals surface area contributed by atoms with Crippen LogP contribution in [0.5, 0.6) is 0 Å². The lowest BCUT2D eigenvalue weighted by Gasteiger charge is -2.13. The van der Waals surface area contributed by atoms with Crippen LogP contribution in [0.2, 0.25) is 0 Å². The molecule has 0 heterocycles. The predicted octanol–water partition coefficient (Wildman–Crippen LogP) is 3.83. The summed E-state index contributed by atoms with van der Waals surface area (Å²) in [5.74, 6) is -3.76. The van der Waals surface area contributed by atoms with Crippen LogP contribution in [0.4, 0.5) is 17.6 Å². The van der Waals surface area contributed by atoms with Crippen molar-refractivity contribution in [2.24, 2.45) is 0 Å². The van der Waals surface area contributed by atoms with E-state index in [-0.39, 0.29) is 23.1 Å². The fourth-order valence-corrected chi connectivity index (χ4v) is 1.98. The fourth-order valence-electron chi connectivity index (χ4n) is 1.98. The summed E-state index contributed by atoms with van der Waals surface area (Å²) in [6.07, 6.45) is -1.60. The zero-order chi connectivity index (χ0) is 14.9. The molecule has 2 rings (SSSR count). The number of rotatable bonds is 3. The normalized spacial score (nSPS) is 12.5. The standard InChI is InChI=1S/C15H12F4O/c1-8-2-3-12(15(19)14(8)18)13(20)6-9-4-10(16)7-11(17)5-9/h2-5,7,13,20H,6H2,1H3. The quantitative estimate of drug-likeness (QED) is 0.849. The van der Waals surface area contributed by atoms with E-state index in [9.17, 15) is 22.7 Å². The molecule has 0 aromatic heterocycles. The van der Waals surface area contributed by atoms with Crippen molar-refractivity contribution in [2.75, 3.05) is 0 Å². The first-order chi connectivity index (χ1) is 9.38. The molecule has 1 N–H and O–H groups in total. The Morgan fingerprint density at radius 3 is 2.15 bits per heavy atom. The van der Waals surface area contributed by atoms with Gasteiger partial charge in [0, 0.05) is 18.1 Å². The first kappa shape index (κ1) is 14.5. The Labute approximate surface area is 113 Å². The molecule has 0 aliphatic rings. The number of hydrogen-bond donors (Lipinski definition) is 1. The van der Waals surface area contributed by atoms with Crippen molar-refractivity contribution in [3.8, 4) is 0 Å². The largest absolute Gasteiger partial charge is 0.388 e. The number of hydrogen-bond acceptors (Lipinski definition) is 1. The molecular formula is C15H12F4O. The van der Waals surface area contributed by atoms with Gasteiger partial charge in [0.25, 0.3) is 0 Å². The summed E-state index contributed by atoms with van der Waals surface area (Å²) in [5, 5.41) is 9.90. The van der Waals surface area contributed by atoms with Crippen molar-refractivity contribution in [1.82, 2.24) is 0 Å². The second kappa shape index (κ2) is 5.63. The fraction of sp³-hybridized carbons (Fsp3) is 0.200. The van der Waals surface area contributed by atoms with Crippen LogP contribution >= 0.6 is 0 Å². The molecule has 0 aliphatic carbocycles. The molecule has 1 nitrogen and oxygen atoms in total. The maximum absolute atomic E-state index is 13.7. The van der Waals surface area contributed by atoms with Crippen molar-refractivity contribution >= 4 is 0 Å². The van der Waals surface area contributed by atoms with E-state index < -0.39 is 29.4 Å². The smallest absolute Gasteiger partial charge is 0.164 e. The molecular weight excluding hydrogens is 272 g/mol. The third kappa shape index (κ3) is 2.99. The van der Waals surface area contributed by atoms with Gasteiger partial charge < -0.3 is 5.11 Å². The Balaban J connectivity index is 2.28. The molecule has 0 spiro atoms. The Morgan fingerprint density at radius 1 is 0.950 bits per heavy atom. The number of aliphatic hydroxyl groups is 1. The van der Waals surface area contributed by atoms with Gasteiger partial charge in [-0.1, -0.05) is 12.1 Å². The summed E-state index contributed by atoms with van der Waals surface area (Å²) in [7, 11) is 0. The van der Waals surface area contributed by atoms with Crippen LogP contribution in [0.3, 0.4) is 0 Å². The van der Waals surface area contributed by atoms with Crippen molar-refractivity contribution in [1.29, 1.82) is 0 Å². The Morgan fingerprint density at radius 2 is 1.55 bits per heavy atom. The van der Waals surface area contributed by atoms with Crippen LogP contribution in [-0.4, -0.2) is 5.11 Å². The molecule has 0 aliphatic heterocycles. The van der Waals surface area contributed by atoms with Gasteiger partial charge in [-0.25, -0.2) is 17.6 Å². The van der Waals surface area contributed by atoms with E-state index >= 15 is 0 Å². The van der Waals surface area contributed by atoms with Crippen molar-refractivity contribution < 1.29 is 22.7 Å². The number of aryl methyl sites for hydroxylation is 1. The van der Waals surface area contributed by atoms with E-state index in [4.69, 9.17) is 0 Å². The van der Waals surface area contributed by atoms with Crippen LogP contribution in [0.15, 0.2) is 30.3 Å². The highest BCUT2D eigenvalue weighted by Gasteiger charge is 2.18. The third-order valence-electron chi connectivity index (χ3n) is 3.02. The minimum absolute atomic E-state index is 0.121. The van der Waals surface area contributed by atoms with Crippen molar-refractivity contribution in [3.05, 3.63) is 70.3 Å². The van der Waals surface area contributed by atoms with Crippen molar-refractivity contribution in [3.63, 3.8) is 0 Å². The van der Waals surface area contributed by atoms with E-state index in [1.807, 2.05) is 0 Å². The highest BCUT2D eigenvalue weighted by molar-refractivity contribution is 5.29. The minimum atomic E-state index is -1.38. The minimum Gasteiger partial charge on any atom is -0.388 e. The van der Waals surface area contributed by atoms with Crippen LogP contribution in [0, 0.1) is 30.2 Å². The van der Waals surface area contributed by atoms with E-state index in [1.54, 1.807) is 0 Å². The predicted molar refractivity (Wildman–Crippen MR) is 66.1 cm³/mol. The molecule has 1 atom stereocenters. The second-order valence-electron chi connectivity index (χ2n) is 4.60. The molecule has 0 saturated carbocycles. The van der Waals surface area contributed by atoms with Crippen LogP contribution in [-0.2, 0) is 6.42 Å². The highest BCUT2D eigenvalue weighted by Crippen LogP contribution is 2.25. The molecule has 1 unspecified atom stereocenters. The second-order valence-corrected chi connectivity index (χ2v) is 4.60. The zero-order valence-corrected chi connectivity index (χ0v) is 10.6. The van der Waals surface area contributed by atoms with Crippen LogP contribution < -0.4 is 0 Å². The van der Waals surface area contributed by atoms with Gasteiger partial charge >= 0.3 is 0 Å². The van der Waals surface area contributed by atoms with E-state index in [1.165, 1.54) is 19.1 Å². The molecule has 0 fully saturated rings. The number of aliphatic hydroxyl groups excluding tert-OH is 1. The summed E-state index contributed by atoms with van der Waals surface area (Å²) >= 11 is 0. The maximum Gasteiger partial charge on any atom is 0.164 e. The molecule has 20 heavy (non-hydrogen) atoms. The zero-order valence-electron chi connectivity index (χ0n) is 10.6. The van der Waals surface area contributed by atoms with Crippen LogP contribution in [0.25, 0.3) is 0 Å². The Kier molecular flexibility index (Phi) is 4.09. The van der Waals surface area contributed by atoms with Gasteiger partial charge in [-0.3, -0.25) is 0 Å². The highest BCUT2D eigenvalue weighted by atomic mass is 19.2. The van der Waals surface area contributed by atoms with Gasteiger partial charge in [0.15, 0.2) is 11.6 Å². The first-order valence-corrected chi connectivity index (χ1v) is 5.96. The number of benzene rings is 2. The van der Waals surface area contributed by atoms with Gasteiger partial charge in [0.1, 0.15) is 11.6 Å². The van der Waals surface area contributed by atoms with Gasteiger partial charge in [0.05, 0.1) is 6.10 Å². The summed E-state index contributed by atoms with van der Waals surface area (Å²) in [6, 6.07) is 5.36. The summed E-state index contributed by atoms with van der Waals surface area (Å²) in [6.45, 7) is 1.40. The third-order valence-corrected chi connectivity index (χ3v) is 3.02. The Bertz CT molecular complexity index is 620. The summed E-state index contributed by atoms with van der Waals surface area (Å²) in [4.78, 5) is 0. The lowest BCUT2D eigenvalue weighted by molar-refractivity contribution is 0.172. The Hall–Kier alpha value is -1.88. The molecule has 2 aromatic rings. The van der Waals surface area contributed by atoms with Crippen molar-refractivity contribution in [2.45, 2.75) is 19.4 Å². The van der Waals surface area contributed by atoms with Gasteiger partial charge in [-0.2, -0.15) is 0 Å². The lowest BCUT2D eigenvalue weighted by Crippen LogP contribution is -2.07. The van der Waals surface area contributed by atoms with E-state index in [2.05, 4.69) is 0 Å². The van der Waals surface area contributed by atoms with E-state index in [0.29, 0.717) is 6.07 Å². The molecule has 0 amide bonds. The number of halogens is 4. The molecule has 0 bridgehead atoms. The average molecular weight is 284 g/mol. The average Bonchev–Trinajstić information content (AvgIpc) is 2.34.